The molecule has 16 heavy (non-hydrogen) atoms. The molecule has 6 heteroatoms. The van der Waals surface area contributed by atoms with Crippen molar-refractivity contribution in [3.8, 4) is 0 Å². The third-order valence-corrected chi connectivity index (χ3v) is 2.92. The summed E-state index contributed by atoms with van der Waals surface area (Å²) in [6.07, 6.45) is 1.89. The van der Waals surface area contributed by atoms with Crippen molar-refractivity contribution in [2.75, 3.05) is 7.11 Å². The molecule has 0 aromatic carbocycles. The Bertz CT molecular complexity index is 349. The second-order valence-corrected chi connectivity index (χ2v) is 4.21. The lowest BCUT2D eigenvalue weighted by Gasteiger charge is -2.11. The van der Waals surface area contributed by atoms with Gasteiger partial charge in [-0.3, -0.25) is 0 Å². The van der Waals surface area contributed by atoms with Gasteiger partial charge in [0.05, 0.1) is 24.9 Å². The zero-order chi connectivity index (χ0) is 11.5. The van der Waals surface area contributed by atoms with E-state index >= 15 is 0 Å². The summed E-state index contributed by atoms with van der Waals surface area (Å²) in [6, 6.07) is 0. The molecule has 2 rings (SSSR count). The van der Waals surface area contributed by atoms with Crippen LogP contribution in [0.1, 0.15) is 24.2 Å². The van der Waals surface area contributed by atoms with Gasteiger partial charge in [-0.1, -0.05) is 5.21 Å². The van der Waals surface area contributed by atoms with Crippen molar-refractivity contribution in [2.24, 2.45) is 11.7 Å². The average Bonchev–Trinajstić information content (AvgIpc) is 3.05. The van der Waals surface area contributed by atoms with Crippen molar-refractivity contribution in [1.29, 1.82) is 0 Å². The van der Waals surface area contributed by atoms with Gasteiger partial charge in [-0.2, -0.15) is 0 Å². The first-order valence-electron chi connectivity index (χ1n) is 5.54. The molecule has 90 valence electrons. The molecule has 0 bridgehead atoms. The Morgan fingerprint density at radius 1 is 1.62 bits per heavy atom. The lowest BCUT2D eigenvalue weighted by molar-refractivity contribution is 0.119. The molecule has 0 radical (unpaired) electrons. The lowest BCUT2D eigenvalue weighted by atomic mass is 10.2. The smallest absolute Gasteiger partial charge is 0.102 e. The first-order chi connectivity index (χ1) is 7.76. The van der Waals surface area contributed by atoms with E-state index in [2.05, 4.69) is 10.3 Å². The fourth-order valence-corrected chi connectivity index (χ4v) is 1.78. The predicted octanol–water partition coefficient (Wildman–Crippen LogP) is -0.346. The standard InChI is InChI=1S/C10H18N4O2/c1-16-6-9-8(4-11)12-13-14(9)5-10(15)7-2-3-7/h7,10,15H,2-6,11H2,1H3. The third-order valence-electron chi connectivity index (χ3n) is 2.92. The topological polar surface area (TPSA) is 86.2 Å². The fraction of sp³-hybridized carbons (Fsp3) is 0.800. The number of nitrogens with zero attached hydrogens (tertiary/aromatic N) is 3. The van der Waals surface area contributed by atoms with E-state index in [-0.39, 0.29) is 6.10 Å². The molecule has 1 aliphatic rings. The highest BCUT2D eigenvalue weighted by Crippen LogP contribution is 2.33. The Kier molecular flexibility index (Phi) is 3.52. The van der Waals surface area contributed by atoms with Crippen molar-refractivity contribution in [1.82, 2.24) is 15.0 Å². The highest BCUT2D eigenvalue weighted by Gasteiger charge is 2.30. The molecular weight excluding hydrogens is 208 g/mol. The Labute approximate surface area is 94.4 Å². The Balaban J connectivity index is 2.08. The predicted molar refractivity (Wildman–Crippen MR) is 57.4 cm³/mol. The van der Waals surface area contributed by atoms with Crippen LogP contribution in [0.15, 0.2) is 0 Å². The van der Waals surface area contributed by atoms with Gasteiger partial charge in [0, 0.05) is 13.7 Å². The molecular formula is C10H18N4O2. The average molecular weight is 226 g/mol. The summed E-state index contributed by atoms with van der Waals surface area (Å²) in [4.78, 5) is 0. The van der Waals surface area contributed by atoms with Gasteiger partial charge in [0.1, 0.15) is 5.69 Å². The summed E-state index contributed by atoms with van der Waals surface area (Å²) in [7, 11) is 1.62. The van der Waals surface area contributed by atoms with Crippen LogP contribution in [0, 0.1) is 5.92 Å². The summed E-state index contributed by atoms with van der Waals surface area (Å²) in [5, 5.41) is 17.8. The molecule has 0 spiro atoms. The summed E-state index contributed by atoms with van der Waals surface area (Å²) in [5.74, 6) is 0.431. The first-order valence-corrected chi connectivity index (χ1v) is 5.54. The Morgan fingerprint density at radius 3 is 2.94 bits per heavy atom. The highest BCUT2D eigenvalue weighted by atomic mass is 16.5. The van der Waals surface area contributed by atoms with Crippen LogP contribution in [0.3, 0.4) is 0 Å². The van der Waals surface area contributed by atoms with E-state index in [9.17, 15) is 5.11 Å². The summed E-state index contributed by atoms with van der Waals surface area (Å²) < 4.78 is 6.79. The molecule has 1 aromatic rings. The SMILES string of the molecule is COCc1c(CN)nnn1CC(O)C1CC1. The molecule has 0 saturated heterocycles. The highest BCUT2D eigenvalue weighted by molar-refractivity contribution is 5.09. The number of methoxy groups -OCH3 is 1. The molecule has 1 unspecified atom stereocenters. The molecule has 1 heterocycles. The molecule has 3 N–H and O–H groups in total. The van der Waals surface area contributed by atoms with Gasteiger partial charge >= 0.3 is 0 Å². The number of aliphatic hydroxyl groups is 1. The largest absolute Gasteiger partial charge is 0.391 e. The zero-order valence-electron chi connectivity index (χ0n) is 9.46. The molecule has 0 aliphatic heterocycles. The second kappa shape index (κ2) is 4.90. The van der Waals surface area contributed by atoms with Gasteiger partial charge in [-0.15, -0.1) is 5.10 Å². The van der Waals surface area contributed by atoms with Crippen molar-refractivity contribution in [2.45, 2.75) is 38.6 Å². The van der Waals surface area contributed by atoms with E-state index in [1.807, 2.05) is 0 Å². The maximum atomic E-state index is 9.86. The van der Waals surface area contributed by atoms with Gasteiger partial charge in [0.2, 0.25) is 0 Å². The van der Waals surface area contributed by atoms with E-state index in [1.165, 1.54) is 0 Å². The number of hydrogen-bond acceptors (Lipinski definition) is 5. The van der Waals surface area contributed by atoms with Crippen LogP contribution in [0.2, 0.25) is 0 Å². The molecule has 1 aliphatic carbocycles. The maximum absolute atomic E-state index is 9.86. The summed E-state index contributed by atoms with van der Waals surface area (Å²) >= 11 is 0. The van der Waals surface area contributed by atoms with Crippen molar-refractivity contribution in [3.05, 3.63) is 11.4 Å². The van der Waals surface area contributed by atoms with Gasteiger partial charge in [-0.05, 0) is 18.8 Å². The lowest BCUT2D eigenvalue weighted by Crippen LogP contribution is -2.21. The van der Waals surface area contributed by atoms with E-state index < -0.39 is 0 Å². The fourth-order valence-electron chi connectivity index (χ4n) is 1.78. The van der Waals surface area contributed by atoms with Gasteiger partial charge < -0.3 is 15.6 Å². The van der Waals surface area contributed by atoms with Crippen molar-refractivity contribution < 1.29 is 9.84 Å². The number of ether oxygens (including phenoxy) is 1. The Morgan fingerprint density at radius 2 is 2.38 bits per heavy atom. The summed E-state index contributed by atoms with van der Waals surface area (Å²) in [6.45, 7) is 1.26. The number of aromatic nitrogens is 3. The van der Waals surface area contributed by atoms with Crippen LogP contribution in [0.4, 0.5) is 0 Å². The number of nitrogens with two attached hydrogens (primary N) is 1. The first kappa shape index (κ1) is 11.5. The van der Waals surface area contributed by atoms with Crippen LogP contribution in [0.5, 0.6) is 0 Å². The van der Waals surface area contributed by atoms with Crippen LogP contribution < -0.4 is 5.73 Å². The minimum Gasteiger partial charge on any atom is -0.391 e. The molecule has 6 nitrogen and oxygen atoms in total. The van der Waals surface area contributed by atoms with Crippen LogP contribution in [-0.4, -0.2) is 33.3 Å². The van der Waals surface area contributed by atoms with Gasteiger partial charge in [-0.25, -0.2) is 4.68 Å². The summed E-state index contributed by atoms with van der Waals surface area (Å²) in [5.41, 5.74) is 7.17. The van der Waals surface area contributed by atoms with Gasteiger partial charge in [0.15, 0.2) is 0 Å². The normalized spacial score (nSPS) is 17.7. The minimum absolute atomic E-state index is 0.331. The number of aliphatic hydroxyl groups excluding tert-OH is 1. The molecule has 1 fully saturated rings. The third kappa shape index (κ3) is 2.40. The van der Waals surface area contributed by atoms with E-state index in [1.54, 1.807) is 11.8 Å². The second-order valence-electron chi connectivity index (χ2n) is 4.21. The number of rotatable bonds is 6. The zero-order valence-corrected chi connectivity index (χ0v) is 9.46. The number of hydrogen-bond donors (Lipinski definition) is 2. The maximum Gasteiger partial charge on any atom is 0.102 e. The van der Waals surface area contributed by atoms with Crippen LogP contribution >= 0.6 is 0 Å². The van der Waals surface area contributed by atoms with E-state index in [0.717, 1.165) is 24.2 Å². The molecule has 1 saturated carbocycles. The monoisotopic (exact) mass is 226 g/mol. The van der Waals surface area contributed by atoms with E-state index in [0.29, 0.717) is 25.6 Å². The molecule has 1 atom stereocenters. The van der Waals surface area contributed by atoms with Crippen LogP contribution in [-0.2, 0) is 24.4 Å². The van der Waals surface area contributed by atoms with Crippen LogP contribution in [0.25, 0.3) is 0 Å². The minimum atomic E-state index is -0.331. The van der Waals surface area contributed by atoms with Crippen molar-refractivity contribution in [3.63, 3.8) is 0 Å². The Hall–Kier alpha value is -0.980. The van der Waals surface area contributed by atoms with Gasteiger partial charge in [0.25, 0.3) is 0 Å². The quantitative estimate of drug-likeness (QED) is 0.692. The molecule has 1 aromatic heterocycles. The molecule has 0 amide bonds. The van der Waals surface area contributed by atoms with E-state index in [4.69, 9.17) is 10.5 Å². The van der Waals surface area contributed by atoms with Crippen molar-refractivity contribution >= 4 is 0 Å².